The molecule has 0 aliphatic carbocycles. The van der Waals surface area contributed by atoms with Crippen molar-refractivity contribution in [3.63, 3.8) is 0 Å². The van der Waals surface area contributed by atoms with E-state index in [9.17, 15) is 14.3 Å². The Bertz CT molecular complexity index is 1150. The van der Waals surface area contributed by atoms with Crippen LogP contribution in [0.4, 0.5) is 4.39 Å². The number of hydrogen-bond acceptors (Lipinski definition) is 3. The summed E-state index contributed by atoms with van der Waals surface area (Å²) >= 11 is 0. The number of carboxylic acids is 1. The summed E-state index contributed by atoms with van der Waals surface area (Å²) in [5.41, 5.74) is 3.14. The number of fused-ring (bicyclic) bond motifs is 1. The number of carbonyl (C=O) groups is 1. The summed E-state index contributed by atoms with van der Waals surface area (Å²) in [5, 5.41) is 9.96. The first kappa shape index (κ1) is 16.9. The molecule has 6 heteroatoms. The first-order valence-corrected chi connectivity index (χ1v) is 8.44. The molecule has 0 radical (unpaired) electrons. The van der Waals surface area contributed by atoms with Gasteiger partial charge >= 0.3 is 5.97 Å². The second-order valence-corrected chi connectivity index (χ2v) is 6.26. The van der Waals surface area contributed by atoms with Gasteiger partial charge in [-0.2, -0.15) is 4.39 Å². The van der Waals surface area contributed by atoms with Crippen LogP contribution in [0.3, 0.4) is 0 Å². The van der Waals surface area contributed by atoms with Crippen molar-refractivity contribution in [3.05, 3.63) is 83.7 Å². The monoisotopic (exact) mass is 361 g/mol. The molecule has 0 aliphatic heterocycles. The van der Waals surface area contributed by atoms with E-state index in [4.69, 9.17) is 0 Å². The van der Waals surface area contributed by atoms with E-state index in [-0.39, 0.29) is 16.8 Å². The normalized spacial score (nSPS) is 11.0. The molecular formula is C21H16FN3O2. The van der Waals surface area contributed by atoms with Crippen LogP contribution in [0.2, 0.25) is 0 Å². The summed E-state index contributed by atoms with van der Waals surface area (Å²) in [6, 6.07) is 16.3. The third-order valence-electron chi connectivity index (χ3n) is 4.46. The van der Waals surface area contributed by atoms with Gasteiger partial charge in [-0.15, -0.1) is 0 Å². The summed E-state index contributed by atoms with van der Waals surface area (Å²) in [5.74, 6) is -1.86. The zero-order chi connectivity index (χ0) is 19.0. The molecule has 0 spiro atoms. The Labute approximate surface area is 154 Å². The maximum absolute atomic E-state index is 14.4. The highest BCUT2D eigenvalue weighted by Gasteiger charge is 2.26. The molecule has 134 valence electrons. The lowest BCUT2D eigenvalue weighted by Gasteiger charge is -2.09. The number of carboxylic acid groups (broad SMARTS) is 1. The Balaban J connectivity index is 2.07. The highest BCUT2D eigenvalue weighted by atomic mass is 19.1. The quantitative estimate of drug-likeness (QED) is 0.551. The van der Waals surface area contributed by atoms with E-state index >= 15 is 0 Å². The van der Waals surface area contributed by atoms with Crippen molar-refractivity contribution in [2.75, 3.05) is 0 Å². The highest BCUT2D eigenvalue weighted by molar-refractivity contribution is 6.06. The Hall–Kier alpha value is -3.54. The fourth-order valence-corrected chi connectivity index (χ4v) is 3.30. The lowest BCUT2D eigenvalue weighted by molar-refractivity contribution is 0.0687. The molecule has 0 saturated carbocycles. The molecule has 0 unspecified atom stereocenters. The van der Waals surface area contributed by atoms with E-state index in [1.807, 2.05) is 49.4 Å². The lowest BCUT2D eigenvalue weighted by atomic mass is 10.1. The number of hydrogen-bond donors (Lipinski definition) is 1. The summed E-state index contributed by atoms with van der Waals surface area (Å²) in [4.78, 5) is 20.4. The van der Waals surface area contributed by atoms with Crippen LogP contribution >= 0.6 is 0 Å². The van der Waals surface area contributed by atoms with Gasteiger partial charge < -0.3 is 9.67 Å². The standard InChI is InChI=1S/C21H16FN3O2/c1-13-9-10-16-18(24-13)17(15-8-5-11-23-20(15)22)19(21(26)27)25(16)12-14-6-3-2-4-7-14/h2-11H,12H2,1H3,(H,26,27). The molecule has 5 nitrogen and oxygen atoms in total. The van der Waals surface area contributed by atoms with Crippen LogP contribution in [0.15, 0.2) is 60.8 Å². The van der Waals surface area contributed by atoms with E-state index in [1.54, 1.807) is 10.6 Å². The zero-order valence-corrected chi connectivity index (χ0v) is 14.6. The Morgan fingerprint density at radius 2 is 1.89 bits per heavy atom. The van der Waals surface area contributed by atoms with Gasteiger partial charge in [0.25, 0.3) is 0 Å². The zero-order valence-electron chi connectivity index (χ0n) is 14.6. The maximum Gasteiger partial charge on any atom is 0.353 e. The predicted octanol–water partition coefficient (Wildman–Crippen LogP) is 4.29. The van der Waals surface area contributed by atoms with Crippen LogP contribution < -0.4 is 0 Å². The van der Waals surface area contributed by atoms with Crippen molar-refractivity contribution in [2.45, 2.75) is 13.5 Å². The van der Waals surface area contributed by atoms with Gasteiger partial charge in [0.2, 0.25) is 5.95 Å². The molecule has 3 aromatic heterocycles. The minimum atomic E-state index is -1.14. The van der Waals surface area contributed by atoms with Gasteiger partial charge in [0, 0.05) is 29.6 Å². The number of rotatable bonds is 4. The van der Waals surface area contributed by atoms with Crippen molar-refractivity contribution in [1.82, 2.24) is 14.5 Å². The molecule has 27 heavy (non-hydrogen) atoms. The topological polar surface area (TPSA) is 68.0 Å². The van der Waals surface area contributed by atoms with Crippen LogP contribution in [0, 0.1) is 12.9 Å². The van der Waals surface area contributed by atoms with Gasteiger partial charge in [0.1, 0.15) is 5.69 Å². The molecule has 0 saturated heterocycles. The van der Waals surface area contributed by atoms with Crippen molar-refractivity contribution >= 4 is 17.0 Å². The maximum atomic E-state index is 14.4. The smallest absolute Gasteiger partial charge is 0.353 e. The van der Waals surface area contributed by atoms with Crippen LogP contribution in [-0.4, -0.2) is 25.6 Å². The van der Waals surface area contributed by atoms with Gasteiger partial charge in [-0.1, -0.05) is 30.3 Å². The van der Waals surface area contributed by atoms with Crippen molar-refractivity contribution < 1.29 is 14.3 Å². The molecule has 0 atom stereocenters. The average molecular weight is 361 g/mol. The van der Waals surface area contributed by atoms with E-state index in [1.165, 1.54) is 12.3 Å². The number of pyridine rings is 2. The lowest BCUT2D eigenvalue weighted by Crippen LogP contribution is -2.11. The van der Waals surface area contributed by atoms with Crippen LogP contribution in [-0.2, 0) is 6.54 Å². The molecule has 4 aromatic rings. The fraction of sp³-hybridized carbons (Fsp3) is 0.0952. The van der Waals surface area contributed by atoms with Crippen LogP contribution in [0.1, 0.15) is 21.7 Å². The average Bonchev–Trinajstić information content (AvgIpc) is 2.96. The number of aryl methyl sites for hydroxylation is 1. The Kier molecular flexibility index (Phi) is 4.16. The SMILES string of the molecule is Cc1ccc2c(n1)c(-c1cccnc1F)c(C(=O)O)n2Cc1ccccc1. The Morgan fingerprint density at radius 1 is 1.11 bits per heavy atom. The molecule has 1 aromatic carbocycles. The summed E-state index contributed by atoms with van der Waals surface area (Å²) in [7, 11) is 0. The third-order valence-corrected chi connectivity index (χ3v) is 4.46. The van der Waals surface area contributed by atoms with E-state index in [0.29, 0.717) is 17.6 Å². The third kappa shape index (κ3) is 2.95. The Morgan fingerprint density at radius 3 is 2.59 bits per heavy atom. The van der Waals surface area contributed by atoms with Crippen molar-refractivity contribution in [1.29, 1.82) is 0 Å². The molecule has 0 fully saturated rings. The minimum Gasteiger partial charge on any atom is -0.477 e. The van der Waals surface area contributed by atoms with E-state index in [2.05, 4.69) is 9.97 Å². The molecule has 1 N–H and O–H groups in total. The van der Waals surface area contributed by atoms with E-state index in [0.717, 1.165) is 11.3 Å². The molecule has 3 heterocycles. The first-order valence-electron chi connectivity index (χ1n) is 8.44. The summed E-state index contributed by atoms with van der Waals surface area (Å²) in [6.07, 6.45) is 1.33. The van der Waals surface area contributed by atoms with Crippen LogP contribution in [0.5, 0.6) is 0 Å². The summed E-state index contributed by atoms with van der Waals surface area (Å²) in [6.45, 7) is 2.16. The summed E-state index contributed by atoms with van der Waals surface area (Å²) < 4.78 is 16.1. The van der Waals surface area contributed by atoms with Gasteiger partial charge in [-0.25, -0.2) is 9.78 Å². The van der Waals surface area contributed by atoms with Gasteiger partial charge in [-0.3, -0.25) is 4.98 Å². The highest BCUT2D eigenvalue weighted by Crippen LogP contribution is 2.35. The van der Waals surface area contributed by atoms with Gasteiger partial charge in [0.05, 0.1) is 11.0 Å². The second-order valence-electron chi connectivity index (χ2n) is 6.26. The number of nitrogens with zero attached hydrogens (tertiary/aromatic N) is 3. The van der Waals surface area contributed by atoms with Crippen LogP contribution in [0.25, 0.3) is 22.2 Å². The number of halogens is 1. The number of aromatic carboxylic acids is 1. The van der Waals surface area contributed by atoms with Gasteiger partial charge in [-0.05, 0) is 36.8 Å². The largest absolute Gasteiger partial charge is 0.477 e. The van der Waals surface area contributed by atoms with Crippen molar-refractivity contribution in [2.24, 2.45) is 0 Å². The molecule has 0 bridgehead atoms. The van der Waals surface area contributed by atoms with Crippen molar-refractivity contribution in [3.8, 4) is 11.1 Å². The van der Waals surface area contributed by atoms with Gasteiger partial charge in [0.15, 0.2) is 0 Å². The predicted molar refractivity (Wildman–Crippen MR) is 100 cm³/mol. The number of benzene rings is 1. The minimum absolute atomic E-state index is 0.00106. The molecular weight excluding hydrogens is 345 g/mol. The molecule has 0 aliphatic rings. The second kappa shape index (κ2) is 6.64. The molecule has 0 amide bonds. The molecule has 4 rings (SSSR count). The fourth-order valence-electron chi connectivity index (χ4n) is 3.30. The van der Waals surface area contributed by atoms with E-state index < -0.39 is 11.9 Å². The number of aromatic nitrogens is 3. The first-order chi connectivity index (χ1) is 13.1.